The number of carbonyl (C=O) groups is 2. The van der Waals surface area contributed by atoms with E-state index in [1.165, 1.54) is 25.5 Å². The maximum Gasteiger partial charge on any atom is 0.328 e. The second-order valence-electron chi connectivity index (χ2n) is 9.73. The summed E-state index contributed by atoms with van der Waals surface area (Å²) < 4.78 is 11.0. The molecular formula is C27H35NO4. The predicted octanol–water partition coefficient (Wildman–Crippen LogP) is 5.56. The molecule has 0 radical (unpaired) electrons. The molecule has 1 unspecified atom stereocenters. The number of benzene rings is 2. The molecule has 0 bridgehead atoms. The van der Waals surface area contributed by atoms with E-state index in [9.17, 15) is 9.59 Å². The van der Waals surface area contributed by atoms with E-state index < -0.39 is 12.0 Å². The molecule has 0 spiro atoms. The van der Waals surface area contributed by atoms with Gasteiger partial charge in [0.2, 0.25) is 5.91 Å². The third-order valence-electron chi connectivity index (χ3n) is 6.06. The van der Waals surface area contributed by atoms with Crippen LogP contribution < -0.4 is 10.1 Å². The van der Waals surface area contributed by atoms with Crippen molar-refractivity contribution in [2.45, 2.75) is 70.8 Å². The van der Waals surface area contributed by atoms with Crippen molar-refractivity contribution in [1.29, 1.82) is 0 Å². The molecule has 1 atom stereocenters. The number of esters is 1. The lowest BCUT2D eigenvalue weighted by Gasteiger charge is -2.19. The fourth-order valence-electron chi connectivity index (χ4n) is 4.20. The highest BCUT2D eigenvalue weighted by Gasteiger charge is 2.25. The molecule has 1 fully saturated rings. The molecule has 32 heavy (non-hydrogen) atoms. The molecule has 3 rings (SSSR count). The highest BCUT2D eigenvalue weighted by molar-refractivity contribution is 5.84. The Bertz CT molecular complexity index is 908. The second kappa shape index (κ2) is 10.7. The molecule has 0 heterocycles. The van der Waals surface area contributed by atoms with Crippen LogP contribution in [0.5, 0.6) is 11.5 Å². The van der Waals surface area contributed by atoms with Crippen LogP contribution >= 0.6 is 0 Å². The van der Waals surface area contributed by atoms with Crippen molar-refractivity contribution in [3.05, 3.63) is 59.7 Å². The van der Waals surface area contributed by atoms with Gasteiger partial charge in [0.1, 0.15) is 17.5 Å². The fourth-order valence-corrected chi connectivity index (χ4v) is 4.20. The van der Waals surface area contributed by atoms with Gasteiger partial charge in [-0.15, -0.1) is 0 Å². The molecule has 1 aliphatic rings. The molecule has 0 aromatic heterocycles. The van der Waals surface area contributed by atoms with Crippen LogP contribution in [0.15, 0.2) is 48.5 Å². The Morgan fingerprint density at radius 2 is 1.72 bits per heavy atom. The van der Waals surface area contributed by atoms with Crippen LogP contribution in [0.3, 0.4) is 0 Å². The average Bonchev–Trinajstić information content (AvgIpc) is 3.25. The summed E-state index contributed by atoms with van der Waals surface area (Å²) in [6.45, 7) is 6.53. The van der Waals surface area contributed by atoms with Crippen LogP contribution in [0.25, 0.3) is 0 Å². The van der Waals surface area contributed by atoms with Gasteiger partial charge < -0.3 is 14.8 Å². The minimum Gasteiger partial charge on any atom is -0.467 e. The summed E-state index contributed by atoms with van der Waals surface area (Å²) in [6, 6.07) is 15.0. The molecule has 5 nitrogen and oxygen atoms in total. The van der Waals surface area contributed by atoms with Crippen LogP contribution in [-0.4, -0.2) is 25.0 Å². The van der Waals surface area contributed by atoms with Crippen LogP contribution in [0.1, 0.15) is 64.0 Å². The summed E-state index contributed by atoms with van der Waals surface area (Å²) in [7, 11) is 1.35. The van der Waals surface area contributed by atoms with E-state index in [-0.39, 0.29) is 11.3 Å². The Balaban J connectivity index is 1.65. The summed E-state index contributed by atoms with van der Waals surface area (Å²) in [5.74, 6) is 1.35. The van der Waals surface area contributed by atoms with E-state index >= 15 is 0 Å². The Labute approximate surface area is 191 Å². The average molecular weight is 438 g/mol. The Morgan fingerprint density at radius 3 is 2.34 bits per heavy atom. The van der Waals surface area contributed by atoms with E-state index in [4.69, 9.17) is 9.47 Å². The quantitative estimate of drug-likeness (QED) is 0.550. The van der Waals surface area contributed by atoms with Crippen molar-refractivity contribution < 1.29 is 19.1 Å². The molecule has 1 N–H and O–H groups in total. The molecule has 1 amide bonds. The van der Waals surface area contributed by atoms with Gasteiger partial charge in [0.15, 0.2) is 0 Å². The molecule has 2 aromatic carbocycles. The van der Waals surface area contributed by atoms with Gasteiger partial charge in [-0.2, -0.15) is 0 Å². The Kier molecular flexibility index (Phi) is 7.94. The molecular weight excluding hydrogens is 402 g/mol. The molecule has 1 saturated carbocycles. The van der Waals surface area contributed by atoms with E-state index in [0.717, 1.165) is 24.2 Å². The number of rotatable bonds is 8. The number of methoxy groups -OCH3 is 1. The SMILES string of the molecule is COC(=O)C(Cc1cccc(Oc2ccc(C(C)(C)C)cc2)c1)NC(=O)CC1CCCC1. The monoisotopic (exact) mass is 437 g/mol. The van der Waals surface area contributed by atoms with Gasteiger partial charge >= 0.3 is 5.97 Å². The fraction of sp³-hybridized carbons (Fsp3) is 0.481. The topological polar surface area (TPSA) is 64.6 Å². The Morgan fingerprint density at radius 1 is 1.03 bits per heavy atom. The summed E-state index contributed by atoms with van der Waals surface area (Å²) >= 11 is 0. The zero-order valence-corrected chi connectivity index (χ0v) is 19.6. The standard InChI is InChI=1S/C27H35NO4/c1-27(2,3)21-12-14-22(15-13-21)32-23-11-7-10-20(16-23)17-24(26(30)31-4)28-25(29)18-19-8-5-6-9-19/h7,10-16,19,24H,5-6,8-9,17-18H2,1-4H3,(H,28,29). The summed E-state index contributed by atoms with van der Waals surface area (Å²) in [5.41, 5.74) is 2.22. The van der Waals surface area contributed by atoms with E-state index in [1.807, 2.05) is 36.4 Å². The minimum absolute atomic E-state index is 0.0846. The van der Waals surface area contributed by atoms with E-state index in [2.05, 4.69) is 38.2 Å². The first-order valence-electron chi connectivity index (χ1n) is 11.5. The normalized spacial score (nSPS) is 15.2. The van der Waals surface area contributed by atoms with Gasteiger partial charge in [0.25, 0.3) is 0 Å². The van der Waals surface area contributed by atoms with Gasteiger partial charge in [-0.25, -0.2) is 4.79 Å². The predicted molar refractivity (Wildman–Crippen MR) is 126 cm³/mol. The van der Waals surface area contributed by atoms with Gasteiger partial charge in [0, 0.05) is 12.8 Å². The van der Waals surface area contributed by atoms with E-state index in [0.29, 0.717) is 24.5 Å². The van der Waals surface area contributed by atoms with Gasteiger partial charge in [-0.05, 0) is 59.6 Å². The lowest BCUT2D eigenvalue weighted by Crippen LogP contribution is -2.43. The molecule has 172 valence electrons. The molecule has 1 aliphatic carbocycles. The highest BCUT2D eigenvalue weighted by Crippen LogP contribution is 2.28. The van der Waals surface area contributed by atoms with Crippen LogP contribution in [0.4, 0.5) is 0 Å². The van der Waals surface area contributed by atoms with Crippen molar-refractivity contribution in [3.63, 3.8) is 0 Å². The first kappa shape index (κ1) is 23.8. The number of ether oxygens (including phenoxy) is 2. The molecule has 2 aromatic rings. The van der Waals surface area contributed by atoms with Crippen LogP contribution in [-0.2, 0) is 26.2 Å². The molecule has 0 saturated heterocycles. The van der Waals surface area contributed by atoms with Crippen molar-refractivity contribution in [2.24, 2.45) is 5.92 Å². The lowest BCUT2D eigenvalue weighted by molar-refractivity contribution is -0.145. The lowest BCUT2D eigenvalue weighted by atomic mass is 9.87. The van der Waals surface area contributed by atoms with Crippen molar-refractivity contribution >= 4 is 11.9 Å². The van der Waals surface area contributed by atoms with Crippen molar-refractivity contribution in [2.75, 3.05) is 7.11 Å². The zero-order valence-electron chi connectivity index (χ0n) is 19.6. The summed E-state index contributed by atoms with van der Waals surface area (Å²) in [4.78, 5) is 24.8. The number of hydrogen-bond donors (Lipinski definition) is 1. The summed E-state index contributed by atoms with van der Waals surface area (Å²) in [6.07, 6.45) is 5.37. The number of hydrogen-bond acceptors (Lipinski definition) is 4. The number of nitrogens with one attached hydrogen (secondary N) is 1. The molecule has 5 heteroatoms. The first-order chi connectivity index (χ1) is 15.2. The van der Waals surface area contributed by atoms with Crippen molar-refractivity contribution in [1.82, 2.24) is 5.32 Å². The third kappa shape index (κ3) is 6.84. The smallest absolute Gasteiger partial charge is 0.328 e. The highest BCUT2D eigenvalue weighted by atomic mass is 16.5. The van der Waals surface area contributed by atoms with Crippen LogP contribution in [0, 0.1) is 5.92 Å². The van der Waals surface area contributed by atoms with Gasteiger partial charge in [-0.3, -0.25) is 4.79 Å². The summed E-state index contributed by atoms with van der Waals surface area (Å²) in [5, 5.41) is 2.88. The van der Waals surface area contributed by atoms with Crippen molar-refractivity contribution in [3.8, 4) is 11.5 Å². The first-order valence-corrected chi connectivity index (χ1v) is 11.5. The maximum absolute atomic E-state index is 12.5. The second-order valence-corrected chi connectivity index (χ2v) is 9.73. The largest absolute Gasteiger partial charge is 0.467 e. The molecule has 0 aliphatic heterocycles. The van der Waals surface area contributed by atoms with E-state index in [1.54, 1.807) is 0 Å². The maximum atomic E-state index is 12.5. The van der Waals surface area contributed by atoms with Gasteiger partial charge in [-0.1, -0.05) is 57.9 Å². The number of amides is 1. The Hall–Kier alpha value is -2.82. The number of carbonyl (C=O) groups excluding carboxylic acids is 2. The third-order valence-corrected chi connectivity index (χ3v) is 6.06. The zero-order chi connectivity index (χ0) is 23.1. The van der Waals surface area contributed by atoms with Gasteiger partial charge in [0.05, 0.1) is 7.11 Å². The van der Waals surface area contributed by atoms with Crippen LogP contribution in [0.2, 0.25) is 0 Å². The minimum atomic E-state index is -0.713.